The number of pyridine rings is 1. The number of nitrogens with zero attached hydrogens (tertiary/aromatic N) is 1. The van der Waals surface area contributed by atoms with Gasteiger partial charge in [0.25, 0.3) is 0 Å². The van der Waals surface area contributed by atoms with Crippen molar-refractivity contribution in [3.05, 3.63) is 90.5 Å². The lowest BCUT2D eigenvalue weighted by Gasteiger charge is -2.09. The Hall–Kier alpha value is -3.51. The molecule has 4 aromatic rings. The lowest BCUT2D eigenvalue weighted by atomic mass is 10.1. The van der Waals surface area contributed by atoms with Gasteiger partial charge in [-0.25, -0.2) is 4.39 Å². The van der Waals surface area contributed by atoms with Crippen LogP contribution in [0.3, 0.4) is 0 Å². The number of aromatic nitrogens is 1. The molecule has 144 valence electrons. The molecule has 4 rings (SSSR count). The van der Waals surface area contributed by atoms with Gasteiger partial charge in [0, 0.05) is 23.3 Å². The molecule has 0 aliphatic carbocycles. The molecule has 0 aliphatic rings. The summed E-state index contributed by atoms with van der Waals surface area (Å²) >= 11 is 1.39. The summed E-state index contributed by atoms with van der Waals surface area (Å²) in [6.07, 6.45) is 3.42. The molecule has 2 aromatic heterocycles. The minimum atomic E-state index is -0.325. The van der Waals surface area contributed by atoms with Gasteiger partial charge in [-0.05, 0) is 67.1 Å². The summed E-state index contributed by atoms with van der Waals surface area (Å²) in [4.78, 5) is 17.0. The lowest BCUT2D eigenvalue weighted by Crippen LogP contribution is -1.93. The zero-order valence-electron chi connectivity index (χ0n) is 15.5. The first-order chi connectivity index (χ1) is 14.1. The molecule has 0 radical (unpaired) electrons. The van der Waals surface area contributed by atoms with E-state index in [4.69, 9.17) is 9.47 Å². The molecule has 2 aromatic carbocycles. The second-order valence-corrected chi connectivity index (χ2v) is 7.25. The monoisotopic (exact) mass is 405 g/mol. The Morgan fingerprint density at radius 1 is 0.897 bits per heavy atom. The molecule has 0 spiro atoms. The zero-order valence-corrected chi connectivity index (χ0v) is 16.3. The second-order valence-electron chi connectivity index (χ2n) is 6.24. The first-order valence-corrected chi connectivity index (χ1v) is 9.66. The van der Waals surface area contributed by atoms with Crippen molar-refractivity contribution >= 4 is 17.1 Å². The summed E-state index contributed by atoms with van der Waals surface area (Å²) in [6, 6.07) is 18.4. The number of carbonyl (C=O) groups excluding carboxylic acids is 1. The molecule has 6 heteroatoms. The van der Waals surface area contributed by atoms with Gasteiger partial charge >= 0.3 is 0 Å². The average molecular weight is 405 g/mol. The molecule has 0 aliphatic heterocycles. The fourth-order valence-corrected chi connectivity index (χ4v) is 3.78. The second kappa shape index (κ2) is 8.24. The fourth-order valence-electron chi connectivity index (χ4n) is 2.70. The molecule has 0 amide bonds. The smallest absolute Gasteiger partial charge is 0.192 e. The Balaban J connectivity index is 1.59. The van der Waals surface area contributed by atoms with Crippen LogP contribution in [0.25, 0.3) is 10.4 Å². The molecule has 4 nitrogen and oxygen atoms in total. The Labute approximate surface area is 171 Å². The standard InChI is InChI=1S/C23H16FNO3S/c1-15(26)21-14-22(16-9-11-25-12-10-16)29-23(21)28-20-4-2-3-19(13-20)27-18-7-5-17(24)6-8-18/h2-14H,1H3. The highest BCUT2D eigenvalue weighted by Gasteiger charge is 2.16. The van der Waals surface area contributed by atoms with Crippen molar-refractivity contribution in [3.8, 4) is 32.8 Å². The van der Waals surface area contributed by atoms with Crippen LogP contribution < -0.4 is 9.47 Å². The number of benzene rings is 2. The van der Waals surface area contributed by atoms with Crippen molar-refractivity contribution in [1.82, 2.24) is 4.98 Å². The third-order valence-corrected chi connectivity index (χ3v) is 5.17. The van der Waals surface area contributed by atoms with Crippen molar-refractivity contribution in [3.63, 3.8) is 0 Å². The highest BCUT2D eigenvalue weighted by molar-refractivity contribution is 7.17. The summed E-state index contributed by atoms with van der Waals surface area (Å²) < 4.78 is 24.8. The van der Waals surface area contributed by atoms with Gasteiger partial charge < -0.3 is 9.47 Å². The first kappa shape index (κ1) is 18.8. The fraction of sp³-hybridized carbons (Fsp3) is 0.0435. The zero-order chi connectivity index (χ0) is 20.2. The average Bonchev–Trinajstić information content (AvgIpc) is 3.15. The molecule has 2 heterocycles. The van der Waals surface area contributed by atoms with Gasteiger partial charge in [-0.15, -0.1) is 0 Å². The molecule has 0 atom stereocenters. The molecule has 0 bridgehead atoms. The summed E-state index contributed by atoms with van der Waals surface area (Å²) in [6.45, 7) is 1.51. The predicted molar refractivity (Wildman–Crippen MR) is 111 cm³/mol. The van der Waals surface area contributed by atoms with Gasteiger partial charge in [-0.2, -0.15) is 0 Å². The van der Waals surface area contributed by atoms with E-state index in [1.807, 2.05) is 18.2 Å². The number of rotatable bonds is 6. The summed E-state index contributed by atoms with van der Waals surface area (Å²) in [7, 11) is 0. The summed E-state index contributed by atoms with van der Waals surface area (Å²) in [5, 5.41) is 0.517. The largest absolute Gasteiger partial charge is 0.457 e. The Morgan fingerprint density at radius 2 is 1.59 bits per heavy atom. The maximum absolute atomic E-state index is 13.1. The van der Waals surface area contributed by atoms with Crippen LogP contribution in [0.2, 0.25) is 0 Å². The van der Waals surface area contributed by atoms with Crippen LogP contribution in [-0.4, -0.2) is 10.8 Å². The highest BCUT2D eigenvalue weighted by Crippen LogP contribution is 2.40. The van der Waals surface area contributed by atoms with Gasteiger partial charge in [0.05, 0.1) is 5.56 Å². The number of ether oxygens (including phenoxy) is 2. The molecule has 0 unspecified atom stereocenters. The van der Waals surface area contributed by atoms with Gasteiger partial charge in [0.15, 0.2) is 10.8 Å². The van der Waals surface area contributed by atoms with Crippen LogP contribution >= 0.6 is 11.3 Å². The SMILES string of the molecule is CC(=O)c1cc(-c2ccncc2)sc1Oc1cccc(Oc2ccc(F)cc2)c1. The number of hydrogen-bond acceptors (Lipinski definition) is 5. The van der Waals surface area contributed by atoms with E-state index in [1.165, 1.54) is 30.4 Å². The highest BCUT2D eigenvalue weighted by atomic mass is 32.1. The van der Waals surface area contributed by atoms with Crippen molar-refractivity contribution in [2.45, 2.75) is 6.92 Å². The van der Waals surface area contributed by atoms with E-state index < -0.39 is 0 Å². The number of hydrogen-bond donors (Lipinski definition) is 0. The number of thiophene rings is 1. The molecule has 0 fully saturated rings. The van der Waals surface area contributed by atoms with Gasteiger partial charge in [0.1, 0.15) is 23.1 Å². The van der Waals surface area contributed by atoms with E-state index in [-0.39, 0.29) is 11.6 Å². The molecule has 0 N–H and O–H groups in total. The van der Waals surface area contributed by atoms with Crippen molar-refractivity contribution in [2.24, 2.45) is 0 Å². The topological polar surface area (TPSA) is 48.4 Å². The number of ketones is 1. The van der Waals surface area contributed by atoms with Crippen LogP contribution in [0.4, 0.5) is 4.39 Å². The van der Waals surface area contributed by atoms with E-state index in [9.17, 15) is 9.18 Å². The third kappa shape index (κ3) is 4.50. The maximum Gasteiger partial charge on any atom is 0.192 e. The number of carbonyl (C=O) groups is 1. The van der Waals surface area contributed by atoms with E-state index in [0.29, 0.717) is 27.9 Å². The lowest BCUT2D eigenvalue weighted by molar-refractivity contribution is 0.101. The minimum Gasteiger partial charge on any atom is -0.457 e. The Bertz CT molecular complexity index is 1140. The van der Waals surface area contributed by atoms with E-state index in [0.717, 1.165) is 10.4 Å². The molecular formula is C23H16FNO3S. The quantitative estimate of drug-likeness (QED) is 0.333. The minimum absolute atomic E-state index is 0.0738. The van der Waals surface area contributed by atoms with E-state index in [1.54, 1.807) is 48.8 Å². The number of Topliss-reactive ketones (excluding diaryl/α,β-unsaturated/α-hetero) is 1. The summed E-state index contributed by atoms with van der Waals surface area (Å²) in [5.41, 5.74) is 1.49. The van der Waals surface area contributed by atoms with Crippen molar-refractivity contribution in [2.75, 3.05) is 0 Å². The van der Waals surface area contributed by atoms with Gasteiger partial charge in [0.2, 0.25) is 0 Å². The van der Waals surface area contributed by atoms with Crippen LogP contribution in [0.5, 0.6) is 22.3 Å². The van der Waals surface area contributed by atoms with E-state index >= 15 is 0 Å². The molecule has 29 heavy (non-hydrogen) atoms. The van der Waals surface area contributed by atoms with Gasteiger partial charge in [-0.1, -0.05) is 17.4 Å². The molecule has 0 saturated carbocycles. The Morgan fingerprint density at radius 3 is 2.28 bits per heavy atom. The van der Waals surface area contributed by atoms with Crippen LogP contribution in [0.1, 0.15) is 17.3 Å². The van der Waals surface area contributed by atoms with Crippen LogP contribution in [0, 0.1) is 5.82 Å². The normalized spacial score (nSPS) is 10.6. The number of halogens is 1. The van der Waals surface area contributed by atoms with Crippen LogP contribution in [0.15, 0.2) is 79.1 Å². The molecule has 0 saturated heterocycles. The van der Waals surface area contributed by atoms with Gasteiger partial charge in [-0.3, -0.25) is 9.78 Å². The van der Waals surface area contributed by atoms with Crippen molar-refractivity contribution in [1.29, 1.82) is 0 Å². The third-order valence-electron chi connectivity index (χ3n) is 4.11. The predicted octanol–water partition coefficient (Wildman–Crippen LogP) is 6.74. The van der Waals surface area contributed by atoms with Crippen LogP contribution in [-0.2, 0) is 0 Å². The first-order valence-electron chi connectivity index (χ1n) is 8.85. The maximum atomic E-state index is 13.1. The summed E-state index contributed by atoms with van der Waals surface area (Å²) in [5.74, 6) is 1.20. The van der Waals surface area contributed by atoms with E-state index in [2.05, 4.69) is 4.98 Å². The Kier molecular flexibility index (Phi) is 5.35. The van der Waals surface area contributed by atoms with Crippen molar-refractivity contribution < 1.29 is 18.7 Å². The molecular weight excluding hydrogens is 389 g/mol.